The van der Waals surface area contributed by atoms with E-state index in [1.807, 2.05) is 31.2 Å². The van der Waals surface area contributed by atoms with Gasteiger partial charge in [-0.3, -0.25) is 14.4 Å². The number of amides is 2. The zero-order valence-corrected chi connectivity index (χ0v) is 32.0. The average Bonchev–Trinajstić information content (AvgIpc) is 3.11. The second-order valence-corrected chi connectivity index (χ2v) is 14.8. The number of alkyl carbamates (subject to hydrolysis) is 1. The number of benzene rings is 2. The first kappa shape index (κ1) is 42.4. The highest BCUT2D eigenvalue weighted by atomic mass is 16.6. The van der Waals surface area contributed by atoms with E-state index in [9.17, 15) is 24.3 Å². The van der Waals surface area contributed by atoms with E-state index >= 15 is 0 Å². The standard InChI is InChI=1S/C39H58N4O9/c1-9-39(5,6)34(45)33(44)29-15-10-11-22-43(29)37(48)51-30(18-16-25-17-19-31(49-7)32(23-25)50-8)26-13-12-14-27(24-26)41-35(46)28(20-21-40)42-36(47)52-38(2,3)4/h12-14,17,19,23-24,28-30,37,48H,9-11,15-16,18,20-22,40H2,1-8H3,(H,41,46)(H,42,47). The van der Waals surface area contributed by atoms with Crippen molar-refractivity contribution in [2.45, 2.75) is 117 Å². The molecule has 1 fully saturated rings. The van der Waals surface area contributed by atoms with Gasteiger partial charge in [0.05, 0.1) is 26.4 Å². The summed E-state index contributed by atoms with van der Waals surface area (Å²) in [5.41, 5.74) is 6.20. The molecular weight excluding hydrogens is 668 g/mol. The Morgan fingerprint density at radius 3 is 2.33 bits per heavy atom. The van der Waals surface area contributed by atoms with Crippen LogP contribution in [0.5, 0.6) is 11.5 Å². The fraction of sp³-hybridized carbons (Fsp3) is 0.590. The molecule has 1 saturated heterocycles. The minimum Gasteiger partial charge on any atom is -0.493 e. The summed E-state index contributed by atoms with van der Waals surface area (Å²) >= 11 is 0. The summed E-state index contributed by atoms with van der Waals surface area (Å²) in [4.78, 5) is 54.1. The number of nitrogens with zero attached hydrogens (tertiary/aromatic N) is 1. The van der Waals surface area contributed by atoms with Crippen LogP contribution < -0.4 is 25.8 Å². The number of likely N-dealkylation sites (tertiary alicyclic amines) is 1. The molecule has 0 aromatic heterocycles. The van der Waals surface area contributed by atoms with Gasteiger partial charge in [0.25, 0.3) is 0 Å². The normalized spacial score (nSPS) is 17.0. The molecule has 0 saturated carbocycles. The second kappa shape index (κ2) is 19.2. The van der Waals surface area contributed by atoms with Crippen LogP contribution in [-0.2, 0) is 30.3 Å². The van der Waals surface area contributed by atoms with E-state index in [1.165, 1.54) is 0 Å². The molecule has 3 rings (SSSR count). The van der Waals surface area contributed by atoms with Crippen molar-refractivity contribution < 1.29 is 43.2 Å². The predicted molar refractivity (Wildman–Crippen MR) is 198 cm³/mol. The lowest BCUT2D eigenvalue weighted by molar-refractivity contribution is -0.235. The fourth-order valence-electron chi connectivity index (χ4n) is 5.95. The Labute approximate surface area is 307 Å². The highest BCUT2D eigenvalue weighted by Gasteiger charge is 2.41. The molecule has 1 aliphatic heterocycles. The van der Waals surface area contributed by atoms with E-state index in [-0.39, 0.29) is 13.0 Å². The first-order valence-corrected chi connectivity index (χ1v) is 18.0. The van der Waals surface area contributed by atoms with Crippen LogP contribution in [0, 0.1) is 5.41 Å². The Kier molecular flexibility index (Phi) is 15.6. The molecule has 5 N–H and O–H groups in total. The number of nitrogens with two attached hydrogens (primary N) is 1. The lowest BCUT2D eigenvalue weighted by Crippen LogP contribution is -2.54. The van der Waals surface area contributed by atoms with Crippen LogP contribution in [0.25, 0.3) is 0 Å². The SMILES string of the molecule is CCC(C)(C)C(=O)C(=O)C1CCCCN1C(O)OC(CCc1ccc(OC)c(OC)c1)c1cccc(NC(=O)C(CCN)NC(=O)OC(C)(C)C)c1. The minimum absolute atomic E-state index is 0.152. The predicted octanol–water partition coefficient (Wildman–Crippen LogP) is 5.28. The van der Waals surface area contributed by atoms with E-state index in [4.69, 9.17) is 24.7 Å². The third kappa shape index (κ3) is 12.0. The molecule has 2 aromatic rings. The van der Waals surface area contributed by atoms with E-state index in [2.05, 4.69) is 10.6 Å². The van der Waals surface area contributed by atoms with Crippen LogP contribution in [0.1, 0.15) is 97.3 Å². The van der Waals surface area contributed by atoms with Crippen molar-refractivity contribution in [3.05, 3.63) is 53.6 Å². The molecule has 13 heteroatoms. The molecule has 4 atom stereocenters. The first-order chi connectivity index (χ1) is 24.5. The summed E-state index contributed by atoms with van der Waals surface area (Å²) in [6.07, 6.45) is 0.581. The largest absolute Gasteiger partial charge is 0.493 e. The van der Waals surface area contributed by atoms with Gasteiger partial charge in [-0.1, -0.05) is 45.4 Å². The summed E-state index contributed by atoms with van der Waals surface area (Å²) in [6, 6.07) is 10.9. The van der Waals surface area contributed by atoms with Crippen LogP contribution in [-0.4, -0.2) is 85.0 Å². The molecular formula is C39H58N4O9. The average molecular weight is 727 g/mol. The van der Waals surface area contributed by atoms with Crippen LogP contribution in [0.4, 0.5) is 10.5 Å². The molecule has 0 spiro atoms. The van der Waals surface area contributed by atoms with E-state index in [0.29, 0.717) is 55.0 Å². The number of aryl methyl sites for hydroxylation is 1. The maximum atomic E-state index is 13.5. The number of carbonyl (C=O) groups excluding carboxylic acids is 4. The fourth-order valence-corrected chi connectivity index (χ4v) is 5.95. The first-order valence-electron chi connectivity index (χ1n) is 18.0. The molecule has 1 heterocycles. The van der Waals surface area contributed by atoms with Gasteiger partial charge in [-0.2, -0.15) is 0 Å². The molecule has 52 heavy (non-hydrogen) atoms. The van der Waals surface area contributed by atoms with Gasteiger partial charge in [-0.15, -0.1) is 0 Å². The Balaban J connectivity index is 1.90. The Bertz CT molecular complexity index is 1520. The maximum absolute atomic E-state index is 13.5. The van der Waals surface area contributed by atoms with Crippen molar-refractivity contribution in [1.82, 2.24) is 10.2 Å². The van der Waals surface area contributed by atoms with E-state index in [1.54, 1.807) is 71.9 Å². The van der Waals surface area contributed by atoms with E-state index in [0.717, 1.165) is 18.4 Å². The van der Waals surface area contributed by atoms with Gasteiger partial charge < -0.3 is 40.4 Å². The topological polar surface area (TPSA) is 179 Å². The number of rotatable bonds is 18. The van der Waals surface area contributed by atoms with Crippen LogP contribution >= 0.6 is 0 Å². The number of hydrogen-bond acceptors (Lipinski definition) is 11. The lowest BCUT2D eigenvalue weighted by Gasteiger charge is -2.39. The lowest BCUT2D eigenvalue weighted by atomic mass is 9.80. The summed E-state index contributed by atoms with van der Waals surface area (Å²) in [5.74, 6) is -0.294. The third-order valence-corrected chi connectivity index (χ3v) is 9.27. The van der Waals surface area contributed by atoms with Gasteiger partial charge in [-0.25, -0.2) is 9.69 Å². The highest BCUT2D eigenvalue weighted by Crippen LogP contribution is 2.33. The second-order valence-electron chi connectivity index (χ2n) is 14.8. The molecule has 13 nitrogen and oxygen atoms in total. The van der Waals surface area contributed by atoms with Gasteiger partial charge in [0.1, 0.15) is 11.6 Å². The smallest absolute Gasteiger partial charge is 0.408 e. The number of piperidine rings is 1. The summed E-state index contributed by atoms with van der Waals surface area (Å²) < 4.78 is 22.6. The Morgan fingerprint density at radius 2 is 1.69 bits per heavy atom. The number of Topliss-reactive ketones (excluding diaryl/α,β-unsaturated/α-hetero) is 2. The van der Waals surface area contributed by atoms with Gasteiger partial charge in [0.2, 0.25) is 23.9 Å². The molecule has 288 valence electrons. The number of hydrogen-bond donors (Lipinski definition) is 4. The van der Waals surface area contributed by atoms with Gasteiger partial charge in [0.15, 0.2) is 11.5 Å². The van der Waals surface area contributed by atoms with Crippen molar-refractivity contribution in [3.8, 4) is 11.5 Å². The van der Waals surface area contributed by atoms with Crippen molar-refractivity contribution in [3.63, 3.8) is 0 Å². The number of nitrogens with one attached hydrogen (secondary N) is 2. The zero-order chi connectivity index (χ0) is 38.6. The zero-order valence-electron chi connectivity index (χ0n) is 32.0. The number of aliphatic hydroxyl groups excluding tert-OH is 1. The van der Waals surface area contributed by atoms with E-state index < -0.39 is 59.2 Å². The van der Waals surface area contributed by atoms with Crippen LogP contribution in [0.3, 0.4) is 0 Å². The molecule has 2 amide bonds. The number of methoxy groups -OCH3 is 2. The monoisotopic (exact) mass is 726 g/mol. The van der Waals surface area contributed by atoms with Crippen LogP contribution in [0.15, 0.2) is 42.5 Å². The van der Waals surface area contributed by atoms with Crippen molar-refractivity contribution in [1.29, 1.82) is 0 Å². The highest BCUT2D eigenvalue weighted by molar-refractivity contribution is 6.40. The number of aliphatic hydroxyl groups is 1. The van der Waals surface area contributed by atoms with Crippen LogP contribution in [0.2, 0.25) is 0 Å². The number of ether oxygens (including phenoxy) is 4. The van der Waals surface area contributed by atoms with Gasteiger partial charge in [-0.05, 0) is 101 Å². The quantitative estimate of drug-likeness (QED) is 0.116. The maximum Gasteiger partial charge on any atom is 0.408 e. The van der Waals surface area contributed by atoms with Crippen molar-refractivity contribution >= 4 is 29.3 Å². The molecule has 4 unspecified atom stereocenters. The number of carbonyl (C=O) groups is 4. The third-order valence-electron chi connectivity index (χ3n) is 9.27. The van der Waals surface area contributed by atoms with Crippen molar-refractivity contribution in [2.24, 2.45) is 11.1 Å². The minimum atomic E-state index is -1.49. The number of ketones is 2. The Morgan fingerprint density at radius 1 is 0.981 bits per heavy atom. The molecule has 1 aliphatic rings. The van der Waals surface area contributed by atoms with Crippen molar-refractivity contribution in [2.75, 3.05) is 32.6 Å². The number of anilines is 1. The van der Waals surface area contributed by atoms with Gasteiger partial charge in [0, 0.05) is 17.6 Å². The summed E-state index contributed by atoms with van der Waals surface area (Å²) in [5, 5.41) is 17.0. The molecule has 0 aliphatic carbocycles. The molecule has 0 bridgehead atoms. The Hall–Kier alpha value is -4.04. The molecule has 2 aromatic carbocycles. The molecule has 0 radical (unpaired) electrons. The van der Waals surface area contributed by atoms with Gasteiger partial charge >= 0.3 is 6.09 Å². The summed E-state index contributed by atoms with van der Waals surface area (Å²) in [6.45, 7) is 11.1. The summed E-state index contributed by atoms with van der Waals surface area (Å²) in [7, 11) is 3.13.